The standard InChI is InChI=1S/C15H15N3O3/c1-9-3-4-12-11(5-9)13(10(6-16)7-17-12)18-8-15(2,21)14(19)20/h3-5,7,21H,8H2,1-2H3,(H,17,18)(H,19,20). The minimum absolute atomic E-state index is 0.218. The minimum atomic E-state index is -1.92. The summed E-state index contributed by atoms with van der Waals surface area (Å²) >= 11 is 0. The van der Waals surface area contributed by atoms with Crippen molar-refractivity contribution in [2.45, 2.75) is 19.4 Å². The average molecular weight is 285 g/mol. The van der Waals surface area contributed by atoms with Gasteiger partial charge in [-0.05, 0) is 26.0 Å². The summed E-state index contributed by atoms with van der Waals surface area (Å²) in [6.07, 6.45) is 1.43. The van der Waals surface area contributed by atoms with E-state index in [2.05, 4.69) is 10.3 Å². The first-order chi connectivity index (χ1) is 9.85. The molecular formula is C15H15N3O3. The second-order valence-electron chi connectivity index (χ2n) is 5.11. The number of carbonyl (C=O) groups is 1. The molecule has 0 saturated heterocycles. The summed E-state index contributed by atoms with van der Waals surface area (Å²) in [7, 11) is 0. The van der Waals surface area contributed by atoms with Crippen molar-refractivity contribution in [2.75, 3.05) is 11.9 Å². The molecule has 0 saturated carbocycles. The minimum Gasteiger partial charge on any atom is -0.479 e. The smallest absolute Gasteiger partial charge is 0.337 e. The molecule has 0 aliphatic carbocycles. The number of aliphatic hydroxyl groups is 1. The molecule has 0 aliphatic heterocycles. The van der Waals surface area contributed by atoms with E-state index in [1.165, 1.54) is 13.1 Å². The SMILES string of the molecule is Cc1ccc2ncc(C#N)c(NCC(C)(O)C(=O)O)c2c1. The molecule has 6 heteroatoms. The largest absolute Gasteiger partial charge is 0.479 e. The van der Waals surface area contributed by atoms with Crippen LogP contribution >= 0.6 is 0 Å². The number of nitrogens with zero attached hydrogens (tertiary/aromatic N) is 2. The fourth-order valence-corrected chi connectivity index (χ4v) is 1.92. The fourth-order valence-electron chi connectivity index (χ4n) is 1.92. The van der Waals surface area contributed by atoms with Gasteiger partial charge in [-0.15, -0.1) is 0 Å². The van der Waals surface area contributed by atoms with E-state index >= 15 is 0 Å². The topological polar surface area (TPSA) is 106 Å². The van der Waals surface area contributed by atoms with Crippen LogP contribution in [0.25, 0.3) is 10.9 Å². The van der Waals surface area contributed by atoms with E-state index in [-0.39, 0.29) is 6.54 Å². The molecule has 1 aromatic heterocycles. The van der Waals surface area contributed by atoms with Crippen LogP contribution in [0.4, 0.5) is 5.69 Å². The van der Waals surface area contributed by atoms with Crippen LogP contribution in [0.3, 0.4) is 0 Å². The van der Waals surface area contributed by atoms with Crippen LogP contribution in [-0.2, 0) is 4.79 Å². The number of nitriles is 1. The molecule has 0 spiro atoms. The van der Waals surface area contributed by atoms with Gasteiger partial charge in [0.25, 0.3) is 0 Å². The van der Waals surface area contributed by atoms with Gasteiger partial charge in [0.15, 0.2) is 5.60 Å². The highest BCUT2D eigenvalue weighted by Gasteiger charge is 2.30. The number of pyridine rings is 1. The molecule has 0 aliphatic rings. The van der Waals surface area contributed by atoms with Gasteiger partial charge in [0.2, 0.25) is 0 Å². The van der Waals surface area contributed by atoms with E-state index in [1.54, 1.807) is 0 Å². The number of anilines is 1. The number of aryl methyl sites for hydroxylation is 1. The number of hydrogen-bond acceptors (Lipinski definition) is 5. The maximum absolute atomic E-state index is 10.9. The van der Waals surface area contributed by atoms with Crippen molar-refractivity contribution in [3.8, 4) is 6.07 Å². The van der Waals surface area contributed by atoms with E-state index in [0.717, 1.165) is 10.9 Å². The summed E-state index contributed by atoms with van der Waals surface area (Å²) < 4.78 is 0. The summed E-state index contributed by atoms with van der Waals surface area (Å²) in [4.78, 5) is 15.1. The highest BCUT2D eigenvalue weighted by molar-refractivity contribution is 5.94. The van der Waals surface area contributed by atoms with Crippen molar-refractivity contribution in [2.24, 2.45) is 0 Å². The second kappa shape index (κ2) is 5.38. The Balaban J connectivity index is 2.48. The molecule has 1 unspecified atom stereocenters. The van der Waals surface area contributed by atoms with Gasteiger partial charge in [0.05, 0.1) is 23.3 Å². The molecule has 6 nitrogen and oxygen atoms in total. The lowest BCUT2D eigenvalue weighted by molar-refractivity contribution is -0.155. The summed E-state index contributed by atoms with van der Waals surface area (Å²) in [6.45, 7) is 2.89. The lowest BCUT2D eigenvalue weighted by Gasteiger charge is -2.20. The zero-order chi connectivity index (χ0) is 15.6. The molecule has 3 N–H and O–H groups in total. The number of rotatable bonds is 4. The fraction of sp³-hybridized carbons (Fsp3) is 0.267. The number of hydrogen-bond donors (Lipinski definition) is 3. The van der Waals surface area contributed by atoms with Crippen molar-refractivity contribution < 1.29 is 15.0 Å². The highest BCUT2D eigenvalue weighted by Crippen LogP contribution is 2.27. The zero-order valence-electron chi connectivity index (χ0n) is 11.7. The Bertz CT molecular complexity index is 748. The first-order valence-electron chi connectivity index (χ1n) is 6.34. The Labute approximate surface area is 121 Å². The Hall–Kier alpha value is -2.65. The van der Waals surface area contributed by atoms with Crippen LogP contribution in [0.5, 0.6) is 0 Å². The quantitative estimate of drug-likeness (QED) is 0.788. The third kappa shape index (κ3) is 2.93. The summed E-state index contributed by atoms with van der Waals surface area (Å²) in [5, 5.41) is 31.5. The summed E-state index contributed by atoms with van der Waals surface area (Å²) in [6, 6.07) is 7.61. The summed E-state index contributed by atoms with van der Waals surface area (Å²) in [5.41, 5.74) is 0.540. The number of carboxylic acid groups (broad SMARTS) is 1. The molecule has 0 fully saturated rings. The maximum atomic E-state index is 10.9. The Morgan fingerprint density at radius 2 is 2.24 bits per heavy atom. The van der Waals surface area contributed by atoms with Gasteiger partial charge in [-0.1, -0.05) is 11.6 Å². The Kier molecular flexibility index (Phi) is 3.78. The molecule has 108 valence electrons. The molecule has 0 bridgehead atoms. The first-order valence-corrected chi connectivity index (χ1v) is 6.34. The predicted molar refractivity (Wildman–Crippen MR) is 77.9 cm³/mol. The molecular weight excluding hydrogens is 270 g/mol. The first kappa shape index (κ1) is 14.8. The van der Waals surface area contributed by atoms with Gasteiger partial charge in [0.1, 0.15) is 6.07 Å². The van der Waals surface area contributed by atoms with Crippen molar-refractivity contribution in [3.05, 3.63) is 35.5 Å². The van der Waals surface area contributed by atoms with Gasteiger partial charge in [-0.25, -0.2) is 4.79 Å². The Morgan fingerprint density at radius 1 is 1.52 bits per heavy atom. The van der Waals surface area contributed by atoms with Gasteiger partial charge in [0, 0.05) is 11.6 Å². The van der Waals surface area contributed by atoms with Crippen molar-refractivity contribution >= 4 is 22.6 Å². The molecule has 2 rings (SSSR count). The van der Waals surface area contributed by atoms with Gasteiger partial charge in [-0.3, -0.25) is 4.98 Å². The number of nitrogens with one attached hydrogen (secondary N) is 1. The van der Waals surface area contributed by atoms with Crippen LogP contribution in [0, 0.1) is 18.3 Å². The number of benzene rings is 1. The van der Waals surface area contributed by atoms with E-state index in [1.807, 2.05) is 31.2 Å². The molecule has 2 aromatic rings. The molecule has 1 heterocycles. The monoisotopic (exact) mass is 285 g/mol. The van der Waals surface area contributed by atoms with Gasteiger partial charge < -0.3 is 15.5 Å². The van der Waals surface area contributed by atoms with Crippen LogP contribution in [-0.4, -0.2) is 33.3 Å². The molecule has 1 atom stereocenters. The van der Waals surface area contributed by atoms with E-state index in [4.69, 9.17) is 5.11 Å². The third-order valence-electron chi connectivity index (χ3n) is 3.21. The Morgan fingerprint density at radius 3 is 2.86 bits per heavy atom. The number of aliphatic carboxylic acids is 1. The number of aromatic nitrogens is 1. The van der Waals surface area contributed by atoms with Crippen LogP contribution in [0.15, 0.2) is 24.4 Å². The molecule has 21 heavy (non-hydrogen) atoms. The van der Waals surface area contributed by atoms with Crippen molar-refractivity contribution in [1.29, 1.82) is 5.26 Å². The average Bonchev–Trinajstić information content (AvgIpc) is 2.44. The van der Waals surface area contributed by atoms with E-state index < -0.39 is 11.6 Å². The van der Waals surface area contributed by atoms with Crippen LogP contribution < -0.4 is 5.32 Å². The second-order valence-corrected chi connectivity index (χ2v) is 5.11. The molecule has 0 amide bonds. The van der Waals surface area contributed by atoms with Gasteiger partial charge >= 0.3 is 5.97 Å². The normalized spacial score (nSPS) is 13.4. The third-order valence-corrected chi connectivity index (χ3v) is 3.21. The summed E-state index contributed by atoms with van der Waals surface area (Å²) in [5.74, 6) is -1.33. The number of carboxylic acids is 1. The van der Waals surface area contributed by atoms with E-state index in [0.29, 0.717) is 16.8 Å². The molecule has 0 radical (unpaired) electrons. The maximum Gasteiger partial charge on any atom is 0.337 e. The predicted octanol–water partition coefficient (Wildman–Crippen LogP) is 1.66. The van der Waals surface area contributed by atoms with Crippen LogP contribution in [0.1, 0.15) is 18.1 Å². The number of fused-ring (bicyclic) bond motifs is 1. The lowest BCUT2D eigenvalue weighted by atomic mass is 10.0. The zero-order valence-corrected chi connectivity index (χ0v) is 11.7. The molecule has 1 aromatic carbocycles. The lowest BCUT2D eigenvalue weighted by Crippen LogP contribution is -2.41. The van der Waals surface area contributed by atoms with Gasteiger partial charge in [-0.2, -0.15) is 5.26 Å². The van der Waals surface area contributed by atoms with Crippen molar-refractivity contribution in [1.82, 2.24) is 4.98 Å². The van der Waals surface area contributed by atoms with Crippen LogP contribution in [0.2, 0.25) is 0 Å². The highest BCUT2D eigenvalue weighted by atomic mass is 16.4. The van der Waals surface area contributed by atoms with Crippen molar-refractivity contribution in [3.63, 3.8) is 0 Å². The van der Waals surface area contributed by atoms with E-state index in [9.17, 15) is 15.2 Å².